The van der Waals surface area contributed by atoms with Gasteiger partial charge in [0, 0.05) is 12.2 Å². The van der Waals surface area contributed by atoms with Gasteiger partial charge in [0.15, 0.2) is 0 Å². The molecule has 3 rings (SSSR count). The van der Waals surface area contributed by atoms with Crippen LogP contribution in [0.25, 0.3) is 0 Å². The molecular weight excluding hydrogens is 363 g/mol. The molecule has 0 aliphatic carbocycles. The lowest BCUT2D eigenvalue weighted by Gasteiger charge is -2.32. The van der Waals surface area contributed by atoms with Gasteiger partial charge in [-0.2, -0.15) is 0 Å². The van der Waals surface area contributed by atoms with Crippen LogP contribution < -0.4 is 10.2 Å². The van der Waals surface area contributed by atoms with Crippen molar-refractivity contribution < 1.29 is 17.7 Å². The first-order chi connectivity index (χ1) is 12.6. The average Bonchev–Trinajstić information content (AvgIpc) is 2.82. The predicted molar refractivity (Wildman–Crippen MR) is 110 cm³/mol. The summed E-state index contributed by atoms with van der Waals surface area (Å²) in [5, 5.41) is 0. The second-order valence-electron chi connectivity index (χ2n) is 8.54. The van der Waals surface area contributed by atoms with Crippen LogP contribution in [-0.4, -0.2) is 57.0 Å². The molecule has 8 heteroatoms. The number of nitrogens with one attached hydrogen (secondary N) is 1. The molecule has 0 atom stereocenters. The predicted octanol–water partition coefficient (Wildman–Crippen LogP) is 2.21. The number of anilines is 1. The Balaban J connectivity index is 1.63. The van der Waals surface area contributed by atoms with Crippen molar-refractivity contribution in [1.82, 2.24) is 4.90 Å². The summed E-state index contributed by atoms with van der Waals surface area (Å²) in [7, 11) is -3.90. The fraction of sp³-hybridized carbons (Fsp3) is 0.684. The number of rotatable bonds is 6. The van der Waals surface area contributed by atoms with Gasteiger partial charge >= 0.3 is 7.12 Å². The molecule has 0 aromatic heterocycles. The van der Waals surface area contributed by atoms with Gasteiger partial charge in [0.1, 0.15) is 0 Å². The van der Waals surface area contributed by atoms with Gasteiger partial charge in [0.05, 0.1) is 17.0 Å². The number of benzene rings is 1. The Morgan fingerprint density at radius 3 is 2.33 bits per heavy atom. The van der Waals surface area contributed by atoms with Crippen LogP contribution in [0.3, 0.4) is 0 Å². The smallest absolute Gasteiger partial charge is 0.399 e. The van der Waals surface area contributed by atoms with Crippen LogP contribution in [0.5, 0.6) is 0 Å². The molecule has 0 bridgehead atoms. The molecule has 2 aliphatic rings. The normalized spacial score (nSPS) is 22.7. The highest BCUT2D eigenvalue weighted by Gasteiger charge is 2.51. The first kappa shape index (κ1) is 20.6. The Kier molecular flexibility index (Phi) is 5.92. The maximum Gasteiger partial charge on any atom is 0.494 e. The largest absolute Gasteiger partial charge is 0.494 e. The van der Waals surface area contributed by atoms with Gasteiger partial charge in [0.25, 0.3) is 0 Å². The van der Waals surface area contributed by atoms with Crippen LogP contribution in [0.4, 0.5) is 5.69 Å². The van der Waals surface area contributed by atoms with Crippen molar-refractivity contribution in [2.24, 2.45) is 0 Å². The summed E-state index contributed by atoms with van der Waals surface area (Å²) < 4.78 is 39.8. The Bertz CT molecular complexity index is 745. The molecule has 0 saturated carbocycles. The first-order valence-corrected chi connectivity index (χ1v) is 11.4. The zero-order chi connectivity index (χ0) is 19.7. The van der Waals surface area contributed by atoms with E-state index in [9.17, 15) is 8.42 Å². The summed E-state index contributed by atoms with van der Waals surface area (Å²) in [5.74, 6) is 0.105. The van der Waals surface area contributed by atoms with Crippen LogP contribution in [0.15, 0.2) is 24.3 Å². The average molecular weight is 394 g/mol. The molecule has 27 heavy (non-hydrogen) atoms. The molecule has 6 nitrogen and oxygen atoms in total. The third-order valence-electron chi connectivity index (χ3n) is 5.81. The standard InChI is InChI=1S/C19H31BN2O4S/c1-18(2)19(3,4)26-20(25-18)16-9-8-10-17(15-16)21-27(23,24)14-13-22-11-6-5-7-12-22/h8-10,15,21H,5-7,11-14H2,1-4H3. The SMILES string of the molecule is CC1(C)OB(c2cccc(NS(=O)(=O)CCN3CCCCC3)c2)OC1(C)C. The van der Waals surface area contributed by atoms with E-state index in [4.69, 9.17) is 9.31 Å². The van der Waals surface area contributed by atoms with Crippen molar-refractivity contribution >= 4 is 28.3 Å². The summed E-state index contributed by atoms with van der Waals surface area (Å²) >= 11 is 0. The second kappa shape index (κ2) is 7.74. The fourth-order valence-corrected chi connectivity index (χ4v) is 4.48. The number of nitrogens with zero attached hydrogens (tertiary/aromatic N) is 1. The fourth-order valence-electron chi connectivity index (χ4n) is 3.39. The van der Waals surface area contributed by atoms with E-state index >= 15 is 0 Å². The summed E-state index contributed by atoms with van der Waals surface area (Å²) in [4.78, 5) is 2.23. The van der Waals surface area contributed by atoms with Gasteiger partial charge < -0.3 is 14.2 Å². The van der Waals surface area contributed by atoms with E-state index in [1.54, 1.807) is 12.1 Å². The molecule has 1 aromatic rings. The quantitative estimate of drug-likeness (QED) is 0.750. The van der Waals surface area contributed by atoms with Crippen LogP contribution in [0.1, 0.15) is 47.0 Å². The third-order valence-corrected chi connectivity index (χ3v) is 7.08. The highest BCUT2D eigenvalue weighted by Crippen LogP contribution is 2.36. The van der Waals surface area contributed by atoms with E-state index in [2.05, 4.69) is 9.62 Å². The molecule has 1 N–H and O–H groups in total. The van der Waals surface area contributed by atoms with E-state index in [0.717, 1.165) is 31.4 Å². The minimum atomic E-state index is -3.39. The Hall–Kier alpha value is -1.09. The second-order valence-corrected chi connectivity index (χ2v) is 10.4. The van der Waals surface area contributed by atoms with Crippen LogP contribution in [-0.2, 0) is 19.3 Å². The highest BCUT2D eigenvalue weighted by molar-refractivity contribution is 7.92. The molecular formula is C19H31BN2O4S. The molecule has 150 valence electrons. The van der Waals surface area contributed by atoms with Gasteiger partial charge in [-0.3, -0.25) is 4.72 Å². The number of hydrogen-bond donors (Lipinski definition) is 1. The minimum Gasteiger partial charge on any atom is -0.399 e. The van der Waals surface area contributed by atoms with Crippen molar-refractivity contribution in [2.45, 2.75) is 58.2 Å². The van der Waals surface area contributed by atoms with Gasteiger partial charge in [-0.1, -0.05) is 18.6 Å². The maximum absolute atomic E-state index is 12.5. The molecule has 2 saturated heterocycles. The molecule has 0 radical (unpaired) electrons. The van der Waals surface area contributed by atoms with Crippen LogP contribution in [0, 0.1) is 0 Å². The zero-order valence-electron chi connectivity index (χ0n) is 16.8. The number of piperidine rings is 1. The summed E-state index contributed by atoms with van der Waals surface area (Å²) in [5.41, 5.74) is 0.495. The van der Waals surface area contributed by atoms with Gasteiger partial charge in [-0.15, -0.1) is 0 Å². The number of likely N-dealkylation sites (tertiary alicyclic amines) is 1. The topological polar surface area (TPSA) is 67.9 Å². The van der Waals surface area contributed by atoms with Crippen molar-refractivity contribution in [3.05, 3.63) is 24.3 Å². The zero-order valence-corrected chi connectivity index (χ0v) is 17.6. The van der Waals surface area contributed by atoms with Gasteiger partial charge in [-0.25, -0.2) is 8.42 Å². The Morgan fingerprint density at radius 1 is 1.07 bits per heavy atom. The lowest BCUT2D eigenvalue weighted by molar-refractivity contribution is 0.00578. The van der Waals surface area contributed by atoms with Crippen molar-refractivity contribution in [1.29, 1.82) is 0 Å². The number of hydrogen-bond acceptors (Lipinski definition) is 5. The van der Waals surface area contributed by atoms with Crippen molar-refractivity contribution in [3.63, 3.8) is 0 Å². The summed E-state index contributed by atoms with van der Waals surface area (Å²) in [6, 6.07) is 7.27. The van der Waals surface area contributed by atoms with E-state index in [1.165, 1.54) is 6.42 Å². The maximum atomic E-state index is 12.5. The summed E-state index contributed by atoms with van der Waals surface area (Å²) in [6.45, 7) is 10.6. The van der Waals surface area contributed by atoms with E-state index in [-0.39, 0.29) is 5.75 Å². The van der Waals surface area contributed by atoms with Crippen molar-refractivity contribution in [2.75, 3.05) is 30.1 Å². The molecule has 2 heterocycles. The molecule has 2 fully saturated rings. The minimum absolute atomic E-state index is 0.105. The van der Waals surface area contributed by atoms with E-state index < -0.39 is 28.3 Å². The lowest BCUT2D eigenvalue weighted by atomic mass is 9.79. The van der Waals surface area contributed by atoms with Gasteiger partial charge in [-0.05, 0) is 71.2 Å². The molecule has 2 aliphatic heterocycles. The molecule has 0 unspecified atom stereocenters. The molecule has 0 spiro atoms. The van der Waals surface area contributed by atoms with E-state index in [1.807, 2.05) is 39.8 Å². The van der Waals surface area contributed by atoms with Crippen LogP contribution in [0.2, 0.25) is 0 Å². The van der Waals surface area contributed by atoms with Crippen molar-refractivity contribution in [3.8, 4) is 0 Å². The van der Waals surface area contributed by atoms with Gasteiger partial charge in [0.2, 0.25) is 10.0 Å². The molecule has 0 amide bonds. The first-order valence-electron chi connectivity index (χ1n) is 9.76. The summed E-state index contributed by atoms with van der Waals surface area (Å²) in [6.07, 6.45) is 3.56. The van der Waals surface area contributed by atoms with E-state index in [0.29, 0.717) is 12.2 Å². The highest BCUT2D eigenvalue weighted by atomic mass is 32.2. The monoisotopic (exact) mass is 394 g/mol. The lowest BCUT2D eigenvalue weighted by Crippen LogP contribution is -2.41. The third kappa shape index (κ3) is 5.05. The Labute approximate surface area is 163 Å². The Morgan fingerprint density at radius 2 is 1.70 bits per heavy atom. The van der Waals surface area contributed by atoms with Crippen LogP contribution >= 0.6 is 0 Å². The molecule has 1 aromatic carbocycles. The number of sulfonamides is 1.